The smallest absolute Gasteiger partial charge is 0.307 e. The number of nitrogens with zero attached hydrogens (tertiary/aromatic N) is 1. The van der Waals surface area contributed by atoms with Crippen LogP contribution in [0.2, 0.25) is 0 Å². The average molecular weight is 257 g/mol. The summed E-state index contributed by atoms with van der Waals surface area (Å²) in [5.41, 5.74) is 0. The van der Waals surface area contributed by atoms with Crippen molar-refractivity contribution in [1.82, 2.24) is 4.90 Å². The molecule has 0 saturated carbocycles. The second kappa shape index (κ2) is 6.73. The molecule has 0 aromatic carbocycles. The number of hydrogen-bond donors (Lipinski definition) is 1. The molecule has 0 aromatic heterocycles. The summed E-state index contributed by atoms with van der Waals surface area (Å²) in [7, 11) is 1.75. The Kier molecular flexibility index (Phi) is 5.59. The maximum atomic E-state index is 12.1. The molecule has 0 aliphatic carbocycles. The fraction of sp³-hybridized carbons (Fsp3) is 0.846. The highest BCUT2D eigenvalue weighted by Gasteiger charge is 2.29. The molecule has 2 atom stereocenters. The maximum Gasteiger partial charge on any atom is 0.307 e. The van der Waals surface area contributed by atoms with Gasteiger partial charge in [0.15, 0.2) is 0 Å². The number of carbonyl (C=O) groups excluding carboxylic acids is 1. The van der Waals surface area contributed by atoms with Gasteiger partial charge in [-0.3, -0.25) is 9.59 Å². The van der Waals surface area contributed by atoms with Gasteiger partial charge in [0.1, 0.15) is 0 Å². The van der Waals surface area contributed by atoms with E-state index in [2.05, 4.69) is 0 Å². The Hall–Kier alpha value is -1.10. The Morgan fingerprint density at radius 3 is 2.33 bits per heavy atom. The van der Waals surface area contributed by atoms with Gasteiger partial charge in [-0.1, -0.05) is 13.8 Å². The zero-order valence-corrected chi connectivity index (χ0v) is 11.4. The molecule has 0 bridgehead atoms. The molecule has 18 heavy (non-hydrogen) atoms. The lowest BCUT2D eigenvalue weighted by Crippen LogP contribution is -2.40. The first-order valence-corrected chi connectivity index (χ1v) is 6.49. The predicted octanol–water partition coefficient (Wildman–Crippen LogP) is 1.23. The number of carboxylic acid groups (broad SMARTS) is 1. The summed E-state index contributed by atoms with van der Waals surface area (Å²) < 4.78 is 5.28. The molecule has 0 radical (unpaired) electrons. The molecular formula is C13H23NO4. The largest absolute Gasteiger partial charge is 0.481 e. The van der Waals surface area contributed by atoms with E-state index in [1.807, 2.05) is 0 Å². The van der Waals surface area contributed by atoms with Crippen LogP contribution in [0.4, 0.5) is 0 Å². The van der Waals surface area contributed by atoms with Crippen molar-refractivity contribution >= 4 is 11.9 Å². The lowest BCUT2D eigenvalue weighted by Gasteiger charge is -2.29. The van der Waals surface area contributed by atoms with E-state index in [1.165, 1.54) is 0 Å². The van der Waals surface area contributed by atoms with E-state index >= 15 is 0 Å². The van der Waals surface area contributed by atoms with Crippen molar-refractivity contribution in [3.05, 3.63) is 0 Å². The van der Waals surface area contributed by atoms with E-state index in [9.17, 15) is 9.59 Å². The van der Waals surface area contributed by atoms with Crippen LogP contribution in [0.5, 0.6) is 0 Å². The number of carbonyl (C=O) groups is 2. The van der Waals surface area contributed by atoms with Crippen molar-refractivity contribution in [2.24, 2.45) is 17.8 Å². The summed E-state index contributed by atoms with van der Waals surface area (Å²) in [6.07, 6.45) is 1.95. The fourth-order valence-electron chi connectivity index (χ4n) is 2.18. The van der Waals surface area contributed by atoms with Gasteiger partial charge in [0, 0.05) is 32.7 Å². The van der Waals surface area contributed by atoms with E-state index in [0.29, 0.717) is 12.5 Å². The van der Waals surface area contributed by atoms with Gasteiger partial charge in [0.25, 0.3) is 0 Å². The molecule has 5 nitrogen and oxygen atoms in total. The molecule has 1 heterocycles. The first kappa shape index (κ1) is 15.0. The molecule has 0 spiro atoms. The summed E-state index contributed by atoms with van der Waals surface area (Å²) in [4.78, 5) is 24.6. The lowest BCUT2D eigenvalue weighted by molar-refractivity contribution is -0.148. The van der Waals surface area contributed by atoms with Crippen LogP contribution in [-0.2, 0) is 14.3 Å². The van der Waals surface area contributed by atoms with Crippen molar-refractivity contribution in [2.75, 3.05) is 26.8 Å². The molecule has 1 fully saturated rings. The van der Waals surface area contributed by atoms with Crippen LogP contribution in [-0.4, -0.2) is 48.7 Å². The molecule has 1 saturated heterocycles. The quantitative estimate of drug-likeness (QED) is 0.804. The number of amides is 1. The Morgan fingerprint density at radius 2 is 1.83 bits per heavy atom. The summed E-state index contributed by atoms with van der Waals surface area (Å²) in [6, 6.07) is 0. The Morgan fingerprint density at radius 1 is 1.28 bits per heavy atom. The highest BCUT2D eigenvalue weighted by atomic mass is 16.5. The van der Waals surface area contributed by atoms with Gasteiger partial charge in [0.05, 0.1) is 5.92 Å². The molecule has 2 unspecified atom stereocenters. The summed E-state index contributed by atoms with van der Waals surface area (Å²) in [5, 5.41) is 8.92. The summed E-state index contributed by atoms with van der Waals surface area (Å²) in [6.45, 7) is 5.47. The molecule has 1 aliphatic heterocycles. The highest BCUT2D eigenvalue weighted by molar-refractivity contribution is 5.84. The van der Waals surface area contributed by atoms with Crippen LogP contribution in [0.25, 0.3) is 0 Å². The van der Waals surface area contributed by atoms with E-state index in [0.717, 1.165) is 26.1 Å². The van der Waals surface area contributed by atoms with E-state index in [4.69, 9.17) is 9.84 Å². The molecule has 5 heteroatoms. The van der Waals surface area contributed by atoms with Crippen LogP contribution in [0, 0.1) is 17.8 Å². The Bertz CT molecular complexity index is 299. The van der Waals surface area contributed by atoms with Crippen molar-refractivity contribution in [2.45, 2.75) is 26.7 Å². The van der Waals surface area contributed by atoms with Gasteiger partial charge in [-0.2, -0.15) is 0 Å². The van der Waals surface area contributed by atoms with Crippen LogP contribution in [0.15, 0.2) is 0 Å². The Balaban J connectivity index is 2.46. The minimum Gasteiger partial charge on any atom is -0.481 e. The predicted molar refractivity (Wildman–Crippen MR) is 67.1 cm³/mol. The fourth-order valence-corrected chi connectivity index (χ4v) is 2.18. The second-order valence-electron chi connectivity index (χ2n) is 5.19. The normalized spacial score (nSPS) is 20.2. The molecule has 0 aromatic rings. The number of carboxylic acids is 1. The van der Waals surface area contributed by atoms with Gasteiger partial charge >= 0.3 is 5.97 Å². The van der Waals surface area contributed by atoms with Gasteiger partial charge < -0.3 is 14.7 Å². The van der Waals surface area contributed by atoms with E-state index in [1.54, 1.807) is 25.8 Å². The zero-order chi connectivity index (χ0) is 13.7. The molecule has 1 N–H and O–H groups in total. The van der Waals surface area contributed by atoms with Crippen molar-refractivity contribution < 1.29 is 19.4 Å². The third-order valence-electron chi connectivity index (χ3n) is 3.78. The first-order chi connectivity index (χ1) is 8.43. The van der Waals surface area contributed by atoms with Gasteiger partial charge in [-0.05, 0) is 18.8 Å². The van der Waals surface area contributed by atoms with Crippen molar-refractivity contribution in [1.29, 1.82) is 0 Å². The minimum atomic E-state index is -0.921. The Labute approximate surface area is 108 Å². The van der Waals surface area contributed by atoms with Crippen molar-refractivity contribution in [3.8, 4) is 0 Å². The summed E-state index contributed by atoms with van der Waals surface area (Å²) >= 11 is 0. The van der Waals surface area contributed by atoms with Gasteiger partial charge in [0.2, 0.25) is 5.91 Å². The van der Waals surface area contributed by atoms with Gasteiger partial charge in [-0.15, -0.1) is 0 Å². The monoisotopic (exact) mass is 257 g/mol. The van der Waals surface area contributed by atoms with Gasteiger partial charge in [-0.25, -0.2) is 0 Å². The van der Waals surface area contributed by atoms with Crippen LogP contribution < -0.4 is 0 Å². The molecule has 1 amide bonds. The zero-order valence-electron chi connectivity index (χ0n) is 11.4. The molecular weight excluding hydrogens is 234 g/mol. The molecule has 1 rings (SSSR count). The summed E-state index contributed by atoms with van der Waals surface area (Å²) in [5.74, 6) is -1.66. The minimum absolute atomic E-state index is 0.0867. The maximum absolute atomic E-state index is 12.1. The highest BCUT2D eigenvalue weighted by Crippen LogP contribution is 2.19. The van der Waals surface area contributed by atoms with E-state index < -0.39 is 17.8 Å². The van der Waals surface area contributed by atoms with Crippen LogP contribution in [0.1, 0.15) is 26.7 Å². The molecule has 1 aliphatic rings. The lowest BCUT2D eigenvalue weighted by atomic mass is 9.93. The standard InChI is InChI=1S/C13H23NO4/c1-9(10(2)13(16)17)12(15)14(3)8-11-4-6-18-7-5-11/h9-11H,4-8H2,1-3H3,(H,16,17). The number of rotatable bonds is 5. The second-order valence-corrected chi connectivity index (χ2v) is 5.19. The number of hydrogen-bond acceptors (Lipinski definition) is 3. The third kappa shape index (κ3) is 3.98. The number of aliphatic carboxylic acids is 1. The topological polar surface area (TPSA) is 66.8 Å². The average Bonchev–Trinajstić information content (AvgIpc) is 2.37. The van der Waals surface area contributed by atoms with E-state index in [-0.39, 0.29) is 5.91 Å². The SMILES string of the molecule is CC(C(=O)O)C(C)C(=O)N(C)CC1CCOCC1. The third-order valence-corrected chi connectivity index (χ3v) is 3.78. The van der Waals surface area contributed by atoms with Crippen LogP contribution >= 0.6 is 0 Å². The molecule has 104 valence electrons. The van der Waals surface area contributed by atoms with Crippen molar-refractivity contribution in [3.63, 3.8) is 0 Å². The van der Waals surface area contributed by atoms with Crippen LogP contribution in [0.3, 0.4) is 0 Å². The number of ether oxygens (including phenoxy) is 1. The first-order valence-electron chi connectivity index (χ1n) is 6.49.